The van der Waals surface area contributed by atoms with Gasteiger partial charge in [-0.05, 0) is 6.42 Å². The molecular formula is C8H12F3N2O2S+. The second kappa shape index (κ2) is 7.15. The number of halogens is 3. The summed E-state index contributed by atoms with van der Waals surface area (Å²) in [6, 6.07) is 0. The normalized spacial score (nSPS) is 10.5. The molecule has 0 saturated carbocycles. The molecule has 0 saturated heterocycles. The van der Waals surface area contributed by atoms with Crippen molar-refractivity contribution in [1.82, 2.24) is 9.55 Å². The van der Waals surface area contributed by atoms with E-state index in [4.69, 9.17) is 8.42 Å². The van der Waals surface area contributed by atoms with E-state index in [1.165, 1.54) is 12.8 Å². The van der Waals surface area contributed by atoms with Crippen LogP contribution in [0.25, 0.3) is 0 Å². The molecule has 4 nitrogen and oxygen atoms in total. The number of rotatable bonds is 3. The quantitative estimate of drug-likeness (QED) is 0.782. The number of aromatic nitrogens is 2. The minimum absolute atomic E-state index is 1.11. The lowest BCUT2D eigenvalue weighted by Gasteiger charge is -1.96. The highest BCUT2D eigenvalue weighted by Crippen LogP contribution is 2.14. The zero-order valence-corrected chi connectivity index (χ0v) is 9.42. The Morgan fingerprint density at radius 2 is 1.94 bits per heavy atom. The third-order valence-electron chi connectivity index (χ3n) is 1.52. The summed E-state index contributed by atoms with van der Waals surface area (Å²) in [5.74, 6) is 0. The minimum Gasteiger partial charge on any atom is -0.337 e. The maximum atomic E-state index is 10.6. The van der Waals surface area contributed by atoms with Crippen molar-refractivity contribution in [3.05, 3.63) is 18.7 Å². The number of nitrogens with zero attached hydrogens (tertiary/aromatic N) is 2. The second-order valence-electron chi connectivity index (χ2n) is 2.83. The van der Waals surface area contributed by atoms with Crippen LogP contribution in [0.5, 0.6) is 0 Å². The highest BCUT2D eigenvalue weighted by atomic mass is 32.2. The summed E-state index contributed by atoms with van der Waals surface area (Å²) in [5.41, 5.74) is -5.08. The van der Waals surface area contributed by atoms with Gasteiger partial charge in [-0.15, -0.1) is 13.2 Å². The van der Waals surface area contributed by atoms with E-state index in [0.29, 0.717) is 0 Å². The summed E-state index contributed by atoms with van der Waals surface area (Å²) in [5, 5.41) is 0. The van der Waals surface area contributed by atoms with Crippen molar-refractivity contribution >= 4 is 10.7 Å². The molecule has 92 valence electrons. The summed E-state index contributed by atoms with van der Waals surface area (Å²) in [6.07, 6.45) is 8.16. The molecule has 0 unspecified atom stereocenters. The van der Waals surface area contributed by atoms with Crippen LogP contribution in [0, 0.1) is 0 Å². The van der Waals surface area contributed by atoms with Gasteiger partial charge < -0.3 is 4.57 Å². The molecule has 8 heteroatoms. The van der Waals surface area contributed by atoms with Crippen molar-refractivity contribution in [3.8, 4) is 0 Å². The third kappa shape index (κ3) is 7.16. The van der Waals surface area contributed by atoms with Crippen molar-refractivity contribution in [2.24, 2.45) is 0 Å². The number of hydrogen-bond donors (Lipinski definition) is 0. The molecule has 0 aromatic carbocycles. The van der Waals surface area contributed by atoms with E-state index in [-0.39, 0.29) is 0 Å². The molecule has 0 atom stereocenters. The topological polar surface area (TPSA) is 52.0 Å². The van der Waals surface area contributed by atoms with Crippen LogP contribution in [0.2, 0.25) is 0 Å². The summed E-state index contributed by atoms with van der Waals surface area (Å²) in [6.45, 7) is 3.30. The first kappa shape index (κ1) is 14.8. The number of unbranched alkanes of at least 4 members (excludes halogenated alkanes) is 1. The van der Waals surface area contributed by atoms with Gasteiger partial charge in [0.05, 0.1) is 6.33 Å². The number of alkyl halides is 3. The molecule has 1 aromatic rings. The molecule has 1 rings (SSSR count). The van der Waals surface area contributed by atoms with Gasteiger partial charge in [-0.3, -0.25) is 0 Å². The van der Waals surface area contributed by atoms with Crippen molar-refractivity contribution < 1.29 is 21.6 Å². The van der Waals surface area contributed by atoms with Crippen LogP contribution in [0.15, 0.2) is 18.7 Å². The molecule has 16 heavy (non-hydrogen) atoms. The van der Waals surface area contributed by atoms with Gasteiger partial charge in [-0.25, -0.2) is 4.98 Å². The first-order valence-electron chi connectivity index (χ1n) is 4.49. The lowest BCUT2D eigenvalue weighted by atomic mass is 10.3. The molecule has 0 aliphatic rings. The van der Waals surface area contributed by atoms with Crippen LogP contribution in [0.4, 0.5) is 13.2 Å². The van der Waals surface area contributed by atoms with Gasteiger partial charge in [-0.2, -0.15) is 0 Å². The fourth-order valence-electron chi connectivity index (χ4n) is 0.760. The van der Waals surface area contributed by atoms with E-state index in [1.807, 2.05) is 18.7 Å². The van der Waals surface area contributed by atoms with Crippen molar-refractivity contribution in [3.63, 3.8) is 0 Å². The summed E-state index contributed by atoms with van der Waals surface area (Å²) in [7, 11) is -3.93. The maximum absolute atomic E-state index is 10.6. The molecule has 0 aliphatic heterocycles. The molecule has 0 fully saturated rings. The molecule has 0 N–H and O–H groups in total. The Balaban J connectivity index is 0.000000293. The zero-order valence-electron chi connectivity index (χ0n) is 8.61. The maximum Gasteiger partial charge on any atom is 0.689 e. The summed E-state index contributed by atoms with van der Waals surface area (Å²) >= 11 is 0. The van der Waals surface area contributed by atoms with E-state index in [1.54, 1.807) is 0 Å². The highest BCUT2D eigenvalue weighted by Gasteiger charge is 2.50. The average Bonchev–Trinajstić information content (AvgIpc) is 2.66. The van der Waals surface area contributed by atoms with Crippen molar-refractivity contribution in [2.45, 2.75) is 31.8 Å². The Morgan fingerprint density at radius 3 is 2.25 bits per heavy atom. The predicted octanol–water partition coefficient (Wildman–Crippen LogP) is 2.50. The fraction of sp³-hybridized carbons (Fsp3) is 0.625. The average molecular weight is 257 g/mol. The Hall–Kier alpha value is -1.18. The van der Waals surface area contributed by atoms with E-state index in [2.05, 4.69) is 16.5 Å². The Labute approximate surface area is 93.1 Å². The molecular weight excluding hydrogens is 245 g/mol. The van der Waals surface area contributed by atoms with E-state index >= 15 is 0 Å². The Kier molecular flexibility index (Phi) is 6.63. The van der Waals surface area contributed by atoms with Crippen LogP contribution in [-0.2, 0) is 25.7 Å². The number of aryl methyl sites for hydroxylation is 1. The van der Waals surface area contributed by atoms with Gasteiger partial charge >= 0.3 is 16.2 Å². The van der Waals surface area contributed by atoms with Gasteiger partial charge in [0.15, 0.2) is 0 Å². The summed E-state index contributed by atoms with van der Waals surface area (Å²) in [4.78, 5) is 3.94. The predicted molar refractivity (Wildman–Crippen MR) is 51.9 cm³/mol. The molecule has 0 radical (unpaired) electrons. The van der Waals surface area contributed by atoms with Crippen LogP contribution < -0.4 is 0 Å². The van der Waals surface area contributed by atoms with E-state index < -0.39 is 16.2 Å². The SMILES string of the molecule is CCCCn1ccnc1.O=[S+](=O)C(F)(F)F. The van der Waals surface area contributed by atoms with Crippen LogP contribution in [0.1, 0.15) is 19.8 Å². The van der Waals surface area contributed by atoms with Gasteiger partial charge in [0.1, 0.15) is 0 Å². The largest absolute Gasteiger partial charge is 0.689 e. The number of imidazole rings is 1. The standard InChI is InChI=1S/C7H12N2.CF3O2S/c1-2-3-5-9-6-4-8-7-9;2-1(3,4)7(5)6/h4,6-7H,2-3,5H2,1H3;/q;+1. The van der Waals surface area contributed by atoms with Crippen LogP contribution in [0.3, 0.4) is 0 Å². The molecule has 0 spiro atoms. The van der Waals surface area contributed by atoms with Gasteiger partial charge in [0.2, 0.25) is 0 Å². The van der Waals surface area contributed by atoms with Gasteiger partial charge in [0.25, 0.3) is 0 Å². The molecule has 1 heterocycles. The molecule has 0 bridgehead atoms. The lowest BCUT2D eigenvalue weighted by molar-refractivity contribution is -0.0411. The van der Waals surface area contributed by atoms with E-state index in [9.17, 15) is 13.2 Å². The fourth-order valence-corrected chi connectivity index (χ4v) is 0.760. The lowest BCUT2D eigenvalue weighted by Crippen LogP contribution is -2.06. The van der Waals surface area contributed by atoms with Crippen molar-refractivity contribution in [1.29, 1.82) is 0 Å². The summed E-state index contributed by atoms with van der Waals surface area (Å²) < 4.78 is 51.6. The molecule has 0 aliphatic carbocycles. The first-order chi connectivity index (χ1) is 7.38. The molecule has 1 aromatic heterocycles. The number of hydrogen-bond acceptors (Lipinski definition) is 3. The monoisotopic (exact) mass is 257 g/mol. The highest BCUT2D eigenvalue weighted by molar-refractivity contribution is 7.73. The van der Waals surface area contributed by atoms with Crippen LogP contribution >= 0.6 is 0 Å². The van der Waals surface area contributed by atoms with E-state index in [0.717, 1.165) is 6.54 Å². The van der Waals surface area contributed by atoms with Gasteiger partial charge in [0, 0.05) is 27.4 Å². The molecule has 0 amide bonds. The second-order valence-corrected chi connectivity index (χ2v) is 3.77. The van der Waals surface area contributed by atoms with Crippen LogP contribution in [-0.4, -0.2) is 15.1 Å². The van der Waals surface area contributed by atoms with Crippen molar-refractivity contribution in [2.75, 3.05) is 0 Å². The third-order valence-corrected chi connectivity index (χ3v) is 1.90. The minimum atomic E-state index is -5.08. The Bertz CT molecular complexity index is 339. The Morgan fingerprint density at radius 1 is 1.38 bits per heavy atom. The zero-order chi connectivity index (χ0) is 12.6. The smallest absolute Gasteiger partial charge is 0.337 e. The first-order valence-corrected chi connectivity index (χ1v) is 5.57. The van der Waals surface area contributed by atoms with Gasteiger partial charge in [-0.1, -0.05) is 13.3 Å².